The number of hydrogen-bond donors (Lipinski definition) is 1. The van der Waals surface area contributed by atoms with Crippen LogP contribution in [-0.2, 0) is 4.79 Å². The summed E-state index contributed by atoms with van der Waals surface area (Å²) in [5.74, 6) is -1.06. The minimum absolute atomic E-state index is 0.00806. The average Bonchev–Trinajstić information content (AvgIpc) is 2.71. The molecule has 1 aliphatic rings. The molecule has 0 spiro atoms. The fraction of sp³-hybridized carbons (Fsp3) is 0.500. The maximum Gasteiger partial charge on any atom is 0.307 e. The van der Waals surface area contributed by atoms with Crippen molar-refractivity contribution in [3.05, 3.63) is 24.3 Å². The lowest BCUT2D eigenvalue weighted by Gasteiger charge is -1.99. The normalized spacial score (nSPS) is 28.4. The van der Waals surface area contributed by atoms with E-state index in [4.69, 9.17) is 5.11 Å². The number of hydrogen-bond acceptors (Lipinski definition) is 3. The van der Waals surface area contributed by atoms with Crippen LogP contribution in [0.25, 0.3) is 0 Å². The van der Waals surface area contributed by atoms with E-state index in [0.717, 1.165) is 5.69 Å². The predicted octanol–water partition coefficient (Wildman–Crippen LogP) is 1.30. The van der Waals surface area contributed by atoms with Crippen molar-refractivity contribution in [2.75, 3.05) is 0 Å². The van der Waals surface area contributed by atoms with E-state index in [1.54, 1.807) is 18.6 Å². The molecule has 14 heavy (non-hydrogen) atoms. The number of aromatic nitrogens is 2. The van der Waals surface area contributed by atoms with Crippen LogP contribution in [0.2, 0.25) is 0 Å². The largest absolute Gasteiger partial charge is 0.481 e. The van der Waals surface area contributed by atoms with E-state index in [9.17, 15) is 4.79 Å². The van der Waals surface area contributed by atoms with Crippen molar-refractivity contribution < 1.29 is 9.90 Å². The summed E-state index contributed by atoms with van der Waals surface area (Å²) in [6.07, 6.45) is 4.84. The van der Waals surface area contributed by atoms with Crippen LogP contribution in [0.4, 0.5) is 0 Å². The summed E-state index contributed by atoms with van der Waals surface area (Å²) in [6, 6.07) is 0. The summed E-state index contributed by atoms with van der Waals surface area (Å²) in [6.45, 7) is 3.90. The van der Waals surface area contributed by atoms with Crippen molar-refractivity contribution in [1.82, 2.24) is 9.97 Å². The number of carbonyl (C=O) groups is 1. The Balaban J connectivity index is 2.28. The Morgan fingerprint density at radius 1 is 1.50 bits per heavy atom. The molecule has 74 valence electrons. The highest BCUT2D eigenvalue weighted by molar-refractivity contribution is 5.77. The number of aliphatic carboxylic acids is 1. The van der Waals surface area contributed by atoms with Crippen molar-refractivity contribution in [3.63, 3.8) is 0 Å². The van der Waals surface area contributed by atoms with Gasteiger partial charge >= 0.3 is 5.97 Å². The first-order valence-corrected chi connectivity index (χ1v) is 4.54. The van der Waals surface area contributed by atoms with Gasteiger partial charge < -0.3 is 5.11 Å². The van der Waals surface area contributed by atoms with Crippen LogP contribution >= 0.6 is 0 Å². The van der Waals surface area contributed by atoms with Gasteiger partial charge in [-0.1, -0.05) is 13.8 Å². The molecule has 0 saturated heterocycles. The molecule has 0 radical (unpaired) electrons. The van der Waals surface area contributed by atoms with Gasteiger partial charge in [-0.3, -0.25) is 14.8 Å². The van der Waals surface area contributed by atoms with Crippen molar-refractivity contribution in [1.29, 1.82) is 0 Å². The van der Waals surface area contributed by atoms with Gasteiger partial charge in [0.25, 0.3) is 0 Å². The summed E-state index contributed by atoms with van der Waals surface area (Å²) in [7, 11) is 0. The third-order valence-corrected chi connectivity index (χ3v) is 3.00. The van der Waals surface area contributed by atoms with Gasteiger partial charge in [0.15, 0.2) is 0 Å². The zero-order valence-electron chi connectivity index (χ0n) is 8.14. The second-order valence-electron chi connectivity index (χ2n) is 4.25. The zero-order valence-corrected chi connectivity index (χ0v) is 8.14. The second-order valence-corrected chi connectivity index (χ2v) is 4.25. The summed E-state index contributed by atoms with van der Waals surface area (Å²) < 4.78 is 0. The average molecular weight is 192 g/mol. The van der Waals surface area contributed by atoms with Crippen LogP contribution in [0.1, 0.15) is 25.5 Å². The van der Waals surface area contributed by atoms with E-state index >= 15 is 0 Å². The Bertz CT molecular complexity index is 362. The highest BCUT2D eigenvalue weighted by Crippen LogP contribution is 2.63. The van der Waals surface area contributed by atoms with Crippen LogP contribution in [0.5, 0.6) is 0 Å². The van der Waals surface area contributed by atoms with Gasteiger partial charge in [0.05, 0.1) is 11.6 Å². The molecule has 0 aliphatic heterocycles. The molecule has 1 heterocycles. The summed E-state index contributed by atoms with van der Waals surface area (Å²) >= 11 is 0. The van der Waals surface area contributed by atoms with E-state index in [0.29, 0.717) is 0 Å². The van der Waals surface area contributed by atoms with Crippen LogP contribution in [-0.4, -0.2) is 21.0 Å². The zero-order chi connectivity index (χ0) is 10.3. The molecule has 1 saturated carbocycles. The fourth-order valence-corrected chi connectivity index (χ4v) is 2.12. The molecule has 2 rings (SSSR count). The molecule has 4 heteroatoms. The summed E-state index contributed by atoms with van der Waals surface area (Å²) in [5.41, 5.74) is 0.590. The van der Waals surface area contributed by atoms with E-state index < -0.39 is 5.97 Å². The maximum atomic E-state index is 10.9. The Morgan fingerprint density at radius 3 is 2.64 bits per heavy atom. The quantitative estimate of drug-likeness (QED) is 0.767. The molecule has 1 N–H and O–H groups in total. The number of rotatable bonds is 2. The van der Waals surface area contributed by atoms with Crippen LogP contribution in [0, 0.1) is 11.3 Å². The minimum atomic E-state index is -0.745. The molecule has 1 aliphatic carbocycles. The molecule has 2 unspecified atom stereocenters. The fourth-order valence-electron chi connectivity index (χ4n) is 2.12. The highest BCUT2D eigenvalue weighted by Gasteiger charge is 2.63. The summed E-state index contributed by atoms with van der Waals surface area (Å²) in [5, 5.41) is 8.97. The van der Waals surface area contributed by atoms with Gasteiger partial charge in [-0.2, -0.15) is 0 Å². The molecule has 1 aromatic rings. The lowest BCUT2D eigenvalue weighted by Crippen LogP contribution is -2.03. The smallest absolute Gasteiger partial charge is 0.307 e. The molecule has 2 atom stereocenters. The monoisotopic (exact) mass is 192 g/mol. The lowest BCUT2D eigenvalue weighted by molar-refractivity contribution is -0.139. The molecular weight excluding hydrogens is 180 g/mol. The Labute approximate surface area is 82.0 Å². The SMILES string of the molecule is CC1(C)C(C(=O)O)C1c1cnccn1. The second kappa shape index (κ2) is 2.77. The molecule has 0 bridgehead atoms. The summed E-state index contributed by atoms with van der Waals surface area (Å²) in [4.78, 5) is 19.0. The van der Waals surface area contributed by atoms with Crippen LogP contribution in [0.15, 0.2) is 18.6 Å². The van der Waals surface area contributed by atoms with Crippen molar-refractivity contribution in [2.45, 2.75) is 19.8 Å². The van der Waals surface area contributed by atoms with Crippen molar-refractivity contribution >= 4 is 5.97 Å². The van der Waals surface area contributed by atoms with Gasteiger partial charge in [-0.05, 0) is 5.41 Å². The van der Waals surface area contributed by atoms with E-state index in [1.807, 2.05) is 13.8 Å². The topological polar surface area (TPSA) is 63.1 Å². The first kappa shape index (κ1) is 9.12. The lowest BCUT2D eigenvalue weighted by atomic mass is 10.1. The molecule has 0 aromatic carbocycles. The number of carboxylic acid groups (broad SMARTS) is 1. The highest BCUT2D eigenvalue weighted by atomic mass is 16.4. The Morgan fingerprint density at radius 2 is 2.21 bits per heavy atom. The van der Waals surface area contributed by atoms with Gasteiger partial charge in [0.1, 0.15) is 0 Å². The molecule has 1 aromatic heterocycles. The third kappa shape index (κ3) is 1.18. The maximum absolute atomic E-state index is 10.9. The van der Waals surface area contributed by atoms with Gasteiger partial charge in [-0.15, -0.1) is 0 Å². The van der Waals surface area contributed by atoms with E-state index in [1.165, 1.54) is 0 Å². The first-order valence-electron chi connectivity index (χ1n) is 4.54. The van der Waals surface area contributed by atoms with E-state index in [-0.39, 0.29) is 17.3 Å². The molecule has 4 nitrogen and oxygen atoms in total. The van der Waals surface area contributed by atoms with Crippen LogP contribution in [0.3, 0.4) is 0 Å². The Hall–Kier alpha value is -1.45. The Kier molecular flexibility index (Phi) is 1.80. The standard InChI is InChI=1S/C10H12N2O2/c1-10(2)7(8(10)9(13)14)6-5-11-3-4-12-6/h3-5,7-8H,1-2H3,(H,13,14). The molecule has 1 fully saturated rings. The van der Waals surface area contributed by atoms with Gasteiger partial charge in [0, 0.05) is 24.5 Å². The number of nitrogens with zero attached hydrogens (tertiary/aromatic N) is 2. The number of carboxylic acids is 1. The molecule has 0 amide bonds. The third-order valence-electron chi connectivity index (χ3n) is 3.00. The van der Waals surface area contributed by atoms with Crippen LogP contribution < -0.4 is 0 Å². The van der Waals surface area contributed by atoms with Crippen molar-refractivity contribution in [2.24, 2.45) is 11.3 Å². The predicted molar refractivity (Wildman–Crippen MR) is 49.7 cm³/mol. The first-order chi connectivity index (χ1) is 6.55. The van der Waals surface area contributed by atoms with Gasteiger partial charge in [0.2, 0.25) is 0 Å². The van der Waals surface area contributed by atoms with Gasteiger partial charge in [-0.25, -0.2) is 0 Å². The van der Waals surface area contributed by atoms with Crippen molar-refractivity contribution in [3.8, 4) is 0 Å². The van der Waals surface area contributed by atoms with E-state index in [2.05, 4.69) is 9.97 Å². The minimum Gasteiger partial charge on any atom is -0.481 e. The molecular formula is C10H12N2O2.